The summed E-state index contributed by atoms with van der Waals surface area (Å²) in [6.45, 7) is 0.250. The maximum atomic E-state index is 12.0. The number of carbonyl (C=O) groups excluding carboxylic acids is 2. The molecule has 0 aromatic heterocycles. The van der Waals surface area contributed by atoms with E-state index in [-0.39, 0.29) is 49.4 Å². The van der Waals surface area contributed by atoms with Gasteiger partial charge in [0.25, 0.3) is 0 Å². The van der Waals surface area contributed by atoms with Crippen LogP contribution >= 0.6 is 0 Å². The van der Waals surface area contributed by atoms with E-state index in [1.54, 1.807) is 48.5 Å². The third-order valence-electron chi connectivity index (χ3n) is 5.27. The maximum Gasteiger partial charge on any atom is 0.243 e. The molecule has 0 saturated carbocycles. The molecule has 12 heteroatoms. The van der Waals surface area contributed by atoms with Gasteiger partial charge in [0.15, 0.2) is 0 Å². The molecule has 0 radical (unpaired) electrons. The average molecular weight is 551 g/mol. The molecule has 2 amide bonds. The molecule has 0 heterocycles. The SMILES string of the molecule is COc1ccc(O)c(C=NNC(=O)CCOc2ccc(OCCC(=O)NN=Cc3cc(OC)ccc3O)cc2)c1. The summed E-state index contributed by atoms with van der Waals surface area (Å²) in [6, 6.07) is 16.1. The number of methoxy groups -OCH3 is 2. The summed E-state index contributed by atoms with van der Waals surface area (Å²) in [4.78, 5) is 23.9. The van der Waals surface area contributed by atoms with Crippen molar-refractivity contribution in [1.29, 1.82) is 0 Å². The van der Waals surface area contributed by atoms with Gasteiger partial charge in [0.2, 0.25) is 11.8 Å². The summed E-state index contributed by atoms with van der Waals surface area (Å²) < 4.78 is 21.3. The highest BCUT2D eigenvalue weighted by Crippen LogP contribution is 2.22. The number of hydrazone groups is 2. The van der Waals surface area contributed by atoms with Crippen molar-refractivity contribution < 1.29 is 38.7 Å². The van der Waals surface area contributed by atoms with Crippen molar-refractivity contribution in [3.63, 3.8) is 0 Å². The Bertz CT molecular complexity index is 1240. The first-order valence-corrected chi connectivity index (χ1v) is 12.1. The minimum absolute atomic E-state index is 0.00869. The molecule has 0 aliphatic heterocycles. The summed E-state index contributed by atoms with van der Waals surface area (Å²) >= 11 is 0. The summed E-state index contributed by atoms with van der Waals surface area (Å²) in [5.41, 5.74) is 5.55. The zero-order valence-electron chi connectivity index (χ0n) is 22.0. The molecule has 0 fully saturated rings. The number of phenolic OH excluding ortho intramolecular Hbond substituents is 2. The maximum absolute atomic E-state index is 12.0. The van der Waals surface area contributed by atoms with Crippen LogP contribution < -0.4 is 29.8 Å². The minimum atomic E-state index is -0.360. The van der Waals surface area contributed by atoms with Crippen LogP contribution in [0.2, 0.25) is 0 Å². The molecule has 4 N–H and O–H groups in total. The van der Waals surface area contributed by atoms with Crippen LogP contribution in [-0.2, 0) is 9.59 Å². The summed E-state index contributed by atoms with van der Waals surface area (Å²) in [5, 5.41) is 27.3. The Hall–Kier alpha value is -5.26. The number of aromatic hydroxyl groups is 2. The van der Waals surface area contributed by atoms with E-state index in [1.165, 1.54) is 38.8 Å². The summed E-state index contributed by atoms with van der Waals surface area (Å²) in [5.74, 6) is 1.48. The zero-order valence-corrected chi connectivity index (χ0v) is 22.0. The lowest BCUT2D eigenvalue weighted by Crippen LogP contribution is -2.20. The Kier molecular flexibility index (Phi) is 11.2. The van der Waals surface area contributed by atoms with Crippen LogP contribution in [0.25, 0.3) is 0 Å². The van der Waals surface area contributed by atoms with E-state index in [1.807, 2.05) is 0 Å². The van der Waals surface area contributed by atoms with Crippen molar-refractivity contribution >= 4 is 24.2 Å². The third-order valence-corrected chi connectivity index (χ3v) is 5.27. The molecule has 40 heavy (non-hydrogen) atoms. The van der Waals surface area contributed by atoms with Crippen LogP contribution in [0.1, 0.15) is 24.0 Å². The third kappa shape index (κ3) is 9.56. The van der Waals surface area contributed by atoms with E-state index in [0.717, 1.165) is 0 Å². The van der Waals surface area contributed by atoms with Gasteiger partial charge in [0.05, 0.1) is 52.7 Å². The number of nitrogens with one attached hydrogen (secondary N) is 2. The predicted octanol–water partition coefficient (Wildman–Crippen LogP) is 2.95. The largest absolute Gasteiger partial charge is 0.507 e. The highest BCUT2D eigenvalue weighted by atomic mass is 16.5. The number of ether oxygens (including phenoxy) is 4. The lowest BCUT2D eigenvalue weighted by atomic mass is 10.2. The lowest BCUT2D eigenvalue weighted by Gasteiger charge is -2.08. The molecular formula is C28H30N4O8. The van der Waals surface area contributed by atoms with E-state index >= 15 is 0 Å². The first-order valence-electron chi connectivity index (χ1n) is 12.1. The van der Waals surface area contributed by atoms with E-state index in [2.05, 4.69) is 21.1 Å². The molecule has 3 rings (SSSR count). The van der Waals surface area contributed by atoms with E-state index < -0.39 is 0 Å². The smallest absolute Gasteiger partial charge is 0.243 e. The highest BCUT2D eigenvalue weighted by Gasteiger charge is 2.05. The molecule has 210 valence electrons. The van der Waals surface area contributed by atoms with Gasteiger partial charge >= 0.3 is 0 Å². The Morgan fingerprint density at radius 1 is 0.675 bits per heavy atom. The standard InChI is InChI=1S/C28H30N4O8/c1-37-23-7-9-25(33)19(15-23)17-29-31-27(35)11-13-39-21-3-5-22(6-4-21)40-14-12-28(36)32-30-18-20-16-24(38-2)8-10-26(20)34/h3-10,15-18,33-34H,11-14H2,1-2H3,(H,31,35)(H,32,36). The number of hydrogen-bond donors (Lipinski definition) is 4. The van der Waals surface area contributed by atoms with Gasteiger partial charge in [-0.2, -0.15) is 10.2 Å². The number of carbonyl (C=O) groups is 2. The number of rotatable bonds is 14. The molecule has 12 nitrogen and oxygen atoms in total. The fraction of sp³-hybridized carbons (Fsp3) is 0.214. The average Bonchev–Trinajstić information content (AvgIpc) is 2.96. The van der Waals surface area contributed by atoms with Crippen molar-refractivity contribution in [2.75, 3.05) is 27.4 Å². The van der Waals surface area contributed by atoms with Gasteiger partial charge in [-0.05, 0) is 60.7 Å². The highest BCUT2D eigenvalue weighted by molar-refractivity contribution is 5.86. The Labute approximate surface area is 230 Å². The van der Waals surface area contributed by atoms with Crippen LogP contribution in [0.15, 0.2) is 70.9 Å². The van der Waals surface area contributed by atoms with Gasteiger partial charge in [0.1, 0.15) is 34.5 Å². The fourth-order valence-corrected chi connectivity index (χ4v) is 3.14. The predicted molar refractivity (Wildman–Crippen MR) is 147 cm³/mol. The van der Waals surface area contributed by atoms with E-state index in [9.17, 15) is 19.8 Å². The van der Waals surface area contributed by atoms with Crippen LogP contribution in [0.5, 0.6) is 34.5 Å². The van der Waals surface area contributed by atoms with Crippen molar-refractivity contribution in [1.82, 2.24) is 10.9 Å². The molecule has 0 atom stereocenters. The Balaban J connectivity index is 1.32. The molecule has 0 unspecified atom stereocenters. The normalized spacial score (nSPS) is 10.8. The lowest BCUT2D eigenvalue weighted by molar-refractivity contribution is -0.122. The fourth-order valence-electron chi connectivity index (χ4n) is 3.14. The quantitative estimate of drug-likeness (QED) is 0.176. The van der Waals surface area contributed by atoms with Crippen LogP contribution in [-0.4, -0.2) is 61.9 Å². The number of amides is 2. The second-order valence-corrected chi connectivity index (χ2v) is 8.10. The second kappa shape index (κ2) is 15.2. The molecular weight excluding hydrogens is 520 g/mol. The van der Waals surface area contributed by atoms with Crippen LogP contribution in [0.4, 0.5) is 0 Å². The first kappa shape index (κ1) is 29.3. The van der Waals surface area contributed by atoms with E-state index in [4.69, 9.17) is 18.9 Å². The monoisotopic (exact) mass is 550 g/mol. The number of nitrogens with zero attached hydrogens (tertiary/aromatic N) is 2. The topological polar surface area (TPSA) is 160 Å². The molecule has 0 bridgehead atoms. The van der Waals surface area contributed by atoms with Gasteiger partial charge in [-0.25, -0.2) is 10.9 Å². The van der Waals surface area contributed by atoms with Crippen molar-refractivity contribution in [3.05, 3.63) is 71.8 Å². The Morgan fingerprint density at radius 2 is 1.05 bits per heavy atom. The van der Waals surface area contributed by atoms with Gasteiger partial charge in [-0.3, -0.25) is 9.59 Å². The van der Waals surface area contributed by atoms with E-state index in [0.29, 0.717) is 34.1 Å². The molecule has 3 aromatic carbocycles. The number of benzene rings is 3. The molecule has 0 aliphatic rings. The molecule has 0 spiro atoms. The molecule has 3 aromatic rings. The molecule has 0 aliphatic carbocycles. The summed E-state index contributed by atoms with van der Waals surface area (Å²) in [7, 11) is 3.02. The first-order chi connectivity index (χ1) is 19.4. The van der Waals surface area contributed by atoms with Gasteiger partial charge in [-0.15, -0.1) is 0 Å². The van der Waals surface area contributed by atoms with Crippen molar-refractivity contribution in [2.24, 2.45) is 10.2 Å². The van der Waals surface area contributed by atoms with Crippen molar-refractivity contribution in [2.45, 2.75) is 12.8 Å². The zero-order chi connectivity index (χ0) is 28.7. The second-order valence-electron chi connectivity index (χ2n) is 8.10. The number of hydrogen-bond acceptors (Lipinski definition) is 10. The van der Waals surface area contributed by atoms with Crippen LogP contribution in [0.3, 0.4) is 0 Å². The van der Waals surface area contributed by atoms with Gasteiger partial charge in [-0.1, -0.05) is 0 Å². The van der Waals surface area contributed by atoms with Crippen molar-refractivity contribution in [3.8, 4) is 34.5 Å². The Morgan fingerprint density at radius 3 is 1.43 bits per heavy atom. The van der Waals surface area contributed by atoms with Gasteiger partial charge < -0.3 is 29.2 Å². The molecule has 0 saturated heterocycles. The number of phenols is 2. The minimum Gasteiger partial charge on any atom is -0.507 e. The van der Waals surface area contributed by atoms with Gasteiger partial charge in [0, 0.05) is 11.1 Å². The van der Waals surface area contributed by atoms with Crippen LogP contribution in [0, 0.1) is 0 Å². The summed E-state index contributed by atoms with van der Waals surface area (Å²) in [6.07, 6.45) is 2.77.